The normalized spacial score (nSPS) is 8.91. The molecule has 0 unspecified atom stereocenters. The monoisotopic (exact) mass is 344 g/mol. The van der Waals surface area contributed by atoms with Crippen LogP contribution < -0.4 is 15.3 Å². The molecule has 0 atom stereocenters. The molecule has 0 fully saturated rings. The van der Waals surface area contributed by atoms with Gasteiger partial charge < -0.3 is 20.1 Å². The number of unbranched alkanes of at least 4 members (excludes halogenated alkanes) is 8. The van der Waals surface area contributed by atoms with Crippen molar-refractivity contribution >= 4 is 23.3 Å². The quantitative estimate of drug-likeness (QED) is 0.399. The van der Waals surface area contributed by atoms with Gasteiger partial charge in [0.1, 0.15) is 0 Å². The third kappa shape index (κ3) is 52.1. The second-order valence-electron chi connectivity index (χ2n) is 5.36. The Morgan fingerprint density at radius 1 is 0.652 bits per heavy atom. The molecular formula is C18H37AlO4. The van der Waals surface area contributed by atoms with Crippen molar-refractivity contribution < 1.29 is 20.1 Å². The molecule has 0 amide bonds. The van der Waals surface area contributed by atoms with Crippen LogP contribution in [0.25, 0.3) is 0 Å². The molecule has 0 aromatic carbocycles. The molecule has 0 saturated carbocycles. The Kier molecular flexibility index (Phi) is 44.8. The number of carboxylic acids is 1. The standard InChI is InChI=1S/2C7H15O.C4H8O2.Al/c2*1-2-3-4-5-6-7-8;1-2-3-4(5)6;/h2*2-7H2,1H3;2-3H2,1H3,(H,5,6);/q2*-1;;+3/p-1. The van der Waals surface area contributed by atoms with E-state index in [9.17, 15) is 20.1 Å². The summed E-state index contributed by atoms with van der Waals surface area (Å²) in [6.45, 7) is 6.39. The zero-order valence-corrected chi connectivity index (χ0v) is 16.8. The number of aliphatic carboxylic acids is 1. The van der Waals surface area contributed by atoms with E-state index >= 15 is 0 Å². The molecule has 0 bridgehead atoms. The number of hydrogen-bond acceptors (Lipinski definition) is 4. The molecule has 5 heteroatoms. The van der Waals surface area contributed by atoms with E-state index in [1.165, 1.54) is 38.5 Å². The van der Waals surface area contributed by atoms with Crippen LogP contribution in [0.2, 0.25) is 0 Å². The van der Waals surface area contributed by atoms with Crippen LogP contribution in [0, 0.1) is 0 Å². The van der Waals surface area contributed by atoms with Crippen LogP contribution in [0.4, 0.5) is 0 Å². The predicted molar refractivity (Wildman–Crippen MR) is 92.9 cm³/mol. The van der Waals surface area contributed by atoms with Crippen molar-refractivity contribution in [3.8, 4) is 0 Å². The summed E-state index contributed by atoms with van der Waals surface area (Å²) in [5.41, 5.74) is 0. The van der Waals surface area contributed by atoms with E-state index in [0.717, 1.165) is 25.7 Å². The van der Waals surface area contributed by atoms with Crippen LogP contribution in [0.15, 0.2) is 0 Å². The van der Waals surface area contributed by atoms with E-state index in [1.807, 2.05) is 0 Å². The smallest absolute Gasteiger partial charge is 0.854 e. The summed E-state index contributed by atoms with van der Waals surface area (Å²) in [4.78, 5) is 9.49. The zero-order valence-electron chi connectivity index (χ0n) is 15.6. The van der Waals surface area contributed by atoms with Gasteiger partial charge in [-0.2, -0.15) is 0 Å². The van der Waals surface area contributed by atoms with Crippen molar-refractivity contribution in [2.75, 3.05) is 13.2 Å². The Bertz CT molecular complexity index is 166. The van der Waals surface area contributed by atoms with Crippen molar-refractivity contribution in [3.63, 3.8) is 0 Å². The molecule has 136 valence electrons. The number of hydrogen-bond donors (Lipinski definition) is 0. The molecule has 23 heavy (non-hydrogen) atoms. The van der Waals surface area contributed by atoms with Crippen LogP contribution in [0.1, 0.15) is 97.8 Å². The van der Waals surface area contributed by atoms with E-state index in [1.54, 1.807) is 6.92 Å². The Labute approximate surface area is 154 Å². The fourth-order valence-corrected chi connectivity index (χ4v) is 1.62. The van der Waals surface area contributed by atoms with Gasteiger partial charge in [0.15, 0.2) is 0 Å². The fraction of sp³-hybridized carbons (Fsp3) is 0.944. The number of carbonyl (C=O) groups excluding carboxylic acids is 1. The van der Waals surface area contributed by atoms with E-state index < -0.39 is 5.97 Å². The zero-order chi connectivity index (χ0) is 17.5. The third-order valence-electron chi connectivity index (χ3n) is 2.95. The molecule has 0 aliphatic heterocycles. The van der Waals surface area contributed by atoms with Crippen LogP contribution in [-0.4, -0.2) is 36.5 Å². The molecular weight excluding hydrogens is 307 g/mol. The third-order valence-corrected chi connectivity index (χ3v) is 2.95. The first kappa shape index (κ1) is 30.8. The van der Waals surface area contributed by atoms with E-state index in [-0.39, 0.29) is 37.0 Å². The molecule has 0 saturated heterocycles. The topological polar surface area (TPSA) is 86.2 Å². The molecule has 0 radical (unpaired) electrons. The first-order valence-corrected chi connectivity index (χ1v) is 8.96. The molecule has 0 rings (SSSR count). The van der Waals surface area contributed by atoms with Gasteiger partial charge >= 0.3 is 17.4 Å². The summed E-state index contributed by atoms with van der Waals surface area (Å²) in [5, 5.41) is 29.3. The molecule has 0 aromatic rings. The van der Waals surface area contributed by atoms with Crippen molar-refractivity contribution in [2.24, 2.45) is 0 Å². The minimum Gasteiger partial charge on any atom is -0.854 e. The minimum absolute atomic E-state index is 0. The SMILES string of the molecule is CCCC(=O)[O-].CCCCCCC[O-].CCCCCCC[O-].[Al+3]. The Morgan fingerprint density at radius 3 is 1.17 bits per heavy atom. The van der Waals surface area contributed by atoms with Gasteiger partial charge in [0, 0.05) is 5.97 Å². The van der Waals surface area contributed by atoms with Gasteiger partial charge in [0.25, 0.3) is 0 Å². The van der Waals surface area contributed by atoms with Crippen molar-refractivity contribution in [1.82, 2.24) is 0 Å². The van der Waals surface area contributed by atoms with Gasteiger partial charge in [0.2, 0.25) is 0 Å². The average molecular weight is 344 g/mol. The Hall–Kier alpha value is -0.0775. The molecule has 4 nitrogen and oxygen atoms in total. The summed E-state index contributed by atoms with van der Waals surface area (Å²) in [6, 6.07) is 0. The van der Waals surface area contributed by atoms with Crippen LogP contribution in [0.5, 0.6) is 0 Å². The van der Waals surface area contributed by atoms with Gasteiger partial charge in [-0.25, -0.2) is 0 Å². The van der Waals surface area contributed by atoms with Gasteiger partial charge in [-0.05, 0) is 6.42 Å². The summed E-state index contributed by atoms with van der Waals surface area (Å²) in [5.74, 6) is -0.961. The summed E-state index contributed by atoms with van der Waals surface area (Å²) in [7, 11) is 0. The Morgan fingerprint density at radius 2 is 1.00 bits per heavy atom. The first-order chi connectivity index (χ1) is 10.6. The summed E-state index contributed by atoms with van der Waals surface area (Å²) in [6.07, 6.45) is 12.5. The van der Waals surface area contributed by atoms with Crippen molar-refractivity contribution in [2.45, 2.75) is 97.8 Å². The maximum Gasteiger partial charge on any atom is 3.00 e. The maximum atomic E-state index is 9.89. The van der Waals surface area contributed by atoms with Gasteiger partial charge in [-0.15, -0.1) is 13.2 Å². The molecule has 0 spiro atoms. The second-order valence-corrected chi connectivity index (χ2v) is 5.36. The van der Waals surface area contributed by atoms with Crippen molar-refractivity contribution in [3.05, 3.63) is 0 Å². The number of carbonyl (C=O) groups is 1. The number of rotatable bonds is 12. The van der Waals surface area contributed by atoms with Gasteiger partial charge in [0.05, 0.1) is 0 Å². The van der Waals surface area contributed by atoms with Crippen LogP contribution >= 0.6 is 0 Å². The molecule has 0 heterocycles. The predicted octanol–water partition coefficient (Wildman–Crippen LogP) is 1.79. The van der Waals surface area contributed by atoms with Crippen molar-refractivity contribution in [1.29, 1.82) is 0 Å². The van der Waals surface area contributed by atoms with Crippen LogP contribution in [-0.2, 0) is 4.79 Å². The minimum atomic E-state index is -0.961. The van der Waals surface area contributed by atoms with E-state index in [0.29, 0.717) is 6.42 Å². The fourth-order valence-electron chi connectivity index (χ4n) is 1.62. The largest absolute Gasteiger partial charge is 3.00 e. The Balaban J connectivity index is -0.000000117. The summed E-state index contributed by atoms with van der Waals surface area (Å²) < 4.78 is 0. The maximum absolute atomic E-state index is 9.89. The molecule has 0 aliphatic rings. The molecule has 0 aliphatic carbocycles. The molecule has 0 aromatic heterocycles. The average Bonchev–Trinajstić information content (AvgIpc) is 2.49. The number of carboxylic acid groups (broad SMARTS) is 1. The summed E-state index contributed by atoms with van der Waals surface area (Å²) >= 11 is 0. The van der Waals surface area contributed by atoms with Gasteiger partial charge in [-0.3, -0.25) is 0 Å². The van der Waals surface area contributed by atoms with E-state index in [2.05, 4.69) is 13.8 Å². The van der Waals surface area contributed by atoms with Gasteiger partial charge in [-0.1, -0.05) is 91.4 Å². The van der Waals surface area contributed by atoms with E-state index in [4.69, 9.17) is 0 Å². The molecule has 0 N–H and O–H groups in total. The second kappa shape index (κ2) is 33.5. The first-order valence-electron chi connectivity index (χ1n) is 8.96. The van der Waals surface area contributed by atoms with Crippen LogP contribution in [0.3, 0.4) is 0 Å².